The monoisotopic (exact) mass is 363 g/mol. The lowest BCUT2D eigenvalue weighted by Gasteiger charge is -2.25. The second kappa shape index (κ2) is 8.06. The summed E-state index contributed by atoms with van der Waals surface area (Å²) < 4.78 is 13.3. The minimum Gasteiger partial charge on any atom is -0.356 e. The van der Waals surface area contributed by atoms with Gasteiger partial charge in [-0.3, -0.25) is 4.79 Å². The van der Waals surface area contributed by atoms with Gasteiger partial charge in [0, 0.05) is 31.1 Å². The highest BCUT2D eigenvalue weighted by molar-refractivity contribution is 5.83. The second-order valence-corrected chi connectivity index (χ2v) is 8.49. The minimum atomic E-state index is -0.347. The molecule has 1 fully saturated rings. The zero-order valence-corrected chi connectivity index (χ0v) is 16.3. The van der Waals surface area contributed by atoms with Crippen molar-refractivity contribution in [2.24, 2.45) is 11.8 Å². The number of hydrogen-bond donors (Lipinski definition) is 2. The summed E-state index contributed by atoms with van der Waals surface area (Å²) in [5.74, 6) is -0.503. The normalized spacial score (nSPS) is 20.3. The van der Waals surface area contributed by atoms with Gasteiger partial charge >= 0.3 is 6.03 Å². The second-order valence-electron chi connectivity index (χ2n) is 8.49. The Kier molecular flexibility index (Phi) is 6.26. The average molecular weight is 363 g/mol. The molecule has 1 aromatic carbocycles. The molecule has 2 unspecified atom stereocenters. The number of halogens is 1. The fraction of sp³-hybridized carbons (Fsp3) is 0.600. The van der Waals surface area contributed by atoms with Gasteiger partial charge in [-0.15, -0.1) is 0 Å². The van der Waals surface area contributed by atoms with Crippen molar-refractivity contribution in [2.45, 2.75) is 46.1 Å². The van der Waals surface area contributed by atoms with Crippen LogP contribution in [0.2, 0.25) is 0 Å². The Labute approximate surface area is 155 Å². The number of carbonyl (C=O) groups is 2. The first-order valence-corrected chi connectivity index (χ1v) is 9.17. The third-order valence-electron chi connectivity index (χ3n) is 4.41. The predicted octanol–water partition coefficient (Wildman–Crippen LogP) is 3.12. The van der Waals surface area contributed by atoms with E-state index in [-0.39, 0.29) is 35.1 Å². The number of nitrogens with one attached hydrogen (secondary N) is 2. The van der Waals surface area contributed by atoms with E-state index in [1.807, 2.05) is 34.6 Å². The summed E-state index contributed by atoms with van der Waals surface area (Å²) >= 11 is 0. The van der Waals surface area contributed by atoms with E-state index in [1.54, 1.807) is 17.0 Å². The molecule has 1 saturated heterocycles. The molecule has 0 aromatic heterocycles. The van der Waals surface area contributed by atoms with E-state index in [0.717, 1.165) is 5.56 Å². The molecule has 0 saturated carbocycles. The van der Waals surface area contributed by atoms with Gasteiger partial charge in [-0.1, -0.05) is 26.0 Å². The maximum atomic E-state index is 13.3. The lowest BCUT2D eigenvalue weighted by molar-refractivity contribution is -0.125. The molecule has 2 N–H and O–H groups in total. The van der Waals surface area contributed by atoms with Crippen LogP contribution in [0.3, 0.4) is 0 Å². The van der Waals surface area contributed by atoms with Gasteiger partial charge in [-0.25, -0.2) is 9.18 Å². The number of hydrogen-bond acceptors (Lipinski definition) is 2. The first-order valence-electron chi connectivity index (χ1n) is 9.17. The molecular formula is C20H30FN3O2. The van der Waals surface area contributed by atoms with Gasteiger partial charge < -0.3 is 15.5 Å². The summed E-state index contributed by atoms with van der Waals surface area (Å²) in [7, 11) is 0. The third kappa shape index (κ3) is 5.44. The van der Waals surface area contributed by atoms with Crippen LogP contribution in [-0.2, 0) is 4.79 Å². The van der Waals surface area contributed by atoms with Gasteiger partial charge in [0.05, 0.1) is 5.92 Å². The van der Waals surface area contributed by atoms with Crippen LogP contribution in [0.1, 0.15) is 46.1 Å². The van der Waals surface area contributed by atoms with Crippen molar-refractivity contribution in [3.05, 3.63) is 35.6 Å². The van der Waals surface area contributed by atoms with Crippen molar-refractivity contribution < 1.29 is 14.0 Å². The number of nitrogens with zero attached hydrogens (tertiary/aromatic N) is 1. The van der Waals surface area contributed by atoms with Gasteiger partial charge in [0.1, 0.15) is 5.82 Å². The molecule has 6 heteroatoms. The van der Waals surface area contributed by atoms with Crippen LogP contribution in [-0.4, -0.2) is 42.0 Å². The molecular weight excluding hydrogens is 333 g/mol. The Bertz CT molecular complexity index is 637. The highest BCUT2D eigenvalue weighted by Crippen LogP contribution is 2.33. The van der Waals surface area contributed by atoms with Crippen molar-refractivity contribution in [3.8, 4) is 0 Å². The van der Waals surface area contributed by atoms with E-state index < -0.39 is 0 Å². The topological polar surface area (TPSA) is 61.4 Å². The van der Waals surface area contributed by atoms with Crippen LogP contribution in [0, 0.1) is 17.7 Å². The molecule has 3 amide bonds. The third-order valence-corrected chi connectivity index (χ3v) is 4.41. The Morgan fingerprint density at radius 2 is 1.81 bits per heavy atom. The van der Waals surface area contributed by atoms with Crippen LogP contribution >= 0.6 is 0 Å². The predicted molar refractivity (Wildman–Crippen MR) is 100 cm³/mol. The van der Waals surface area contributed by atoms with Crippen molar-refractivity contribution in [2.75, 3.05) is 19.6 Å². The number of urea groups is 1. The number of amides is 3. The largest absolute Gasteiger partial charge is 0.356 e. The molecule has 1 aromatic rings. The number of carbonyl (C=O) groups excluding carboxylic acids is 2. The van der Waals surface area contributed by atoms with Gasteiger partial charge in [0.25, 0.3) is 0 Å². The molecule has 1 aliphatic rings. The van der Waals surface area contributed by atoms with E-state index in [9.17, 15) is 14.0 Å². The molecule has 144 valence electrons. The van der Waals surface area contributed by atoms with Crippen LogP contribution in [0.15, 0.2) is 24.3 Å². The first kappa shape index (κ1) is 20.2. The lowest BCUT2D eigenvalue weighted by Crippen LogP contribution is -2.48. The van der Waals surface area contributed by atoms with E-state index in [2.05, 4.69) is 10.6 Å². The quantitative estimate of drug-likeness (QED) is 0.863. The first-order chi connectivity index (χ1) is 12.1. The van der Waals surface area contributed by atoms with Crippen LogP contribution < -0.4 is 10.6 Å². The fourth-order valence-electron chi connectivity index (χ4n) is 3.12. The van der Waals surface area contributed by atoms with E-state index in [0.29, 0.717) is 25.6 Å². The van der Waals surface area contributed by atoms with Crippen LogP contribution in [0.4, 0.5) is 9.18 Å². The SMILES string of the molecule is CC(C)CNC(=O)C1CN(C(=O)NC(C)(C)C)CC1c1ccc(F)cc1. The fourth-order valence-corrected chi connectivity index (χ4v) is 3.12. The number of rotatable bonds is 4. The maximum Gasteiger partial charge on any atom is 0.317 e. The van der Waals surface area contributed by atoms with Crippen molar-refractivity contribution >= 4 is 11.9 Å². The Balaban J connectivity index is 2.19. The molecule has 0 spiro atoms. The van der Waals surface area contributed by atoms with Gasteiger partial charge in [0.15, 0.2) is 0 Å². The highest BCUT2D eigenvalue weighted by Gasteiger charge is 2.40. The van der Waals surface area contributed by atoms with Crippen molar-refractivity contribution in [1.82, 2.24) is 15.5 Å². The molecule has 0 bridgehead atoms. The lowest BCUT2D eigenvalue weighted by atomic mass is 9.88. The van der Waals surface area contributed by atoms with Gasteiger partial charge in [-0.2, -0.15) is 0 Å². The average Bonchev–Trinajstić information content (AvgIpc) is 2.97. The molecule has 0 aliphatic carbocycles. The van der Waals surface area contributed by atoms with Gasteiger partial charge in [0.2, 0.25) is 5.91 Å². The smallest absolute Gasteiger partial charge is 0.317 e. The molecule has 2 atom stereocenters. The van der Waals surface area contributed by atoms with E-state index >= 15 is 0 Å². The molecule has 26 heavy (non-hydrogen) atoms. The summed E-state index contributed by atoms with van der Waals surface area (Å²) in [4.78, 5) is 26.9. The summed E-state index contributed by atoms with van der Waals surface area (Å²) in [6.45, 7) is 11.2. The van der Waals surface area contributed by atoms with Crippen LogP contribution in [0.5, 0.6) is 0 Å². The number of likely N-dealkylation sites (tertiary alicyclic amines) is 1. The summed E-state index contributed by atoms with van der Waals surface area (Å²) in [6.07, 6.45) is 0. The van der Waals surface area contributed by atoms with E-state index in [1.165, 1.54) is 12.1 Å². The molecule has 2 rings (SSSR count). The summed E-state index contributed by atoms with van der Waals surface area (Å²) in [6, 6.07) is 6.03. The zero-order valence-electron chi connectivity index (χ0n) is 16.3. The Hall–Kier alpha value is -2.11. The van der Waals surface area contributed by atoms with E-state index in [4.69, 9.17) is 0 Å². The standard InChI is InChI=1S/C20H30FN3O2/c1-13(2)10-22-18(25)17-12-24(19(26)23-20(3,4)5)11-16(17)14-6-8-15(21)9-7-14/h6-9,13,16-17H,10-12H2,1-5H3,(H,22,25)(H,23,26). The van der Waals surface area contributed by atoms with Gasteiger partial charge in [-0.05, 0) is 44.4 Å². The Morgan fingerprint density at radius 3 is 2.35 bits per heavy atom. The highest BCUT2D eigenvalue weighted by atomic mass is 19.1. The summed E-state index contributed by atoms with van der Waals surface area (Å²) in [5.41, 5.74) is 0.530. The zero-order chi connectivity index (χ0) is 19.5. The molecule has 0 radical (unpaired) electrons. The molecule has 1 heterocycles. The van der Waals surface area contributed by atoms with Crippen molar-refractivity contribution in [1.29, 1.82) is 0 Å². The Morgan fingerprint density at radius 1 is 1.19 bits per heavy atom. The molecule has 1 aliphatic heterocycles. The molecule has 5 nitrogen and oxygen atoms in total. The number of benzene rings is 1. The maximum absolute atomic E-state index is 13.3. The van der Waals surface area contributed by atoms with Crippen molar-refractivity contribution in [3.63, 3.8) is 0 Å². The van der Waals surface area contributed by atoms with Crippen LogP contribution in [0.25, 0.3) is 0 Å². The summed E-state index contributed by atoms with van der Waals surface area (Å²) in [5, 5.41) is 5.92. The minimum absolute atomic E-state index is 0.0564.